The van der Waals surface area contributed by atoms with Gasteiger partial charge in [-0.15, -0.1) is 0 Å². The van der Waals surface area contributed by atoms with Crippen molar-refractivity contribution in [3.05, 3.63) is 59.7 Å². The molecular formula is C20H24N2O2. The highest BCUT2D eigenvalue weighted by Crippen LogP contribution is 2.26. The van der Waals surface area contributed by atoms with Crippen LogP contribution in [0.2, 0.25) is 0 Å². The molecule has 0 radical (unpaired) electrons. The minimum Gasteiger partial charge on any atom is -0.457 e. The number of benzene rings is 2. The van der Waals surface area contributed by atoms with Crippen LogP contribution in [0.5, 0.6) is 11.5 Å². The first kappa shape index (κ1) is 16.5. The van der Waals surface area contributed by atoms with Gasteiger partial charge in [0.15, 0.2) is 0 Å². The van der Waals surface area contributed by atoms with Crippen LogP contribution in [0.3, 0.4) is 0 Å². The van der Waals surface area contributed by atoms with Gasteiger partial charge in [0.1, 0.15) is 11.5 Å². The maximum atomic E-state index is 12.3. The van der Waals surface area contributed by atoms with Crippen LogP contribution >= 0.6 is 0 Å². The summed E-state index contributed by atoms with van der Waals surface area (Å²) in [4.78, 5) is 12.3. The first-order valence-corrected chi connectivity index (χ1v) is 8.44. The van der Waals surface area contributed by atoms with Crippen molar-refractivity contribution in [2.75, 3.05) is 13.1 Å². The first-order chi connectivity index (χ1) is 11.6. The lowest BCUT2D eigenvalue weighted by Gasteiger charge is -2.31. The van der Waals surface area contributed by atoms with E-state index in [9.17, 15) is 4.79 Å². The summed E-state index contributed by atoms with van der Waals surface area (Å²) >= 11 is 0. The highest BCUT2D eigenvalue weighted by Gasteiger charge is 2.28. The van der Waals surface area contributed by atoms with E-state index in [4.69, 9.17) is 4.74 Å². The first-order valence-electron chi connectivity index (χ1n) is 8.44. The quantitative estimate of drug-likeness (QED) is 0.857. The molecule has 1 saturated heterocycles. The third-order valence-corrected chi connectivity index (χ3v) is 4.58. The number of aryl methyl sites for hydroxylation is 1. The van der Waals surface area contributed by atoms with E-state index in [0.29, 0.717) is 12.5 Å². The number of ether oxygens (including phenoxy) is 1. The lowest BCUT2D eigenvalue weighted by atomic mass is 9.88. The number of para-hydroxylation sites is 1. The van der Waals surface area contributed by atoms with E-state index in [1.165, 1.54) is 0 Å². The fourth-order valence-electron chi connectivity index (χ4n) is 2.74. The summed E-state index contributed by atoms with van der Waals surface area (Å²) in [6.07, 6.45) is 0. The Hall–Kier alpha value is -2.33. The van der Waals surface area contributed by atoms with Crippen molar-refractivity contribution >= 4 is 5.91 Å². The lowest BCUT2D eigenvalue weighted by Crippen LogP contribution is -2.49. The Morgan fingerprint density at radius 2 is 2.00 bits per heavy atom. The zero-order chi connectivity index (χ0) is 16.9. The molecule has 4 nitrogen and oxygen atoms in total. The predicted molar refractivity (Wildman–Crippen MR) is 95.1 cm³/mol. The van der Waals surface area contributed by atoms with Gasteiger partial charge in [0.2, 0.25) is 5.91 Å². The van der Waals surface area contributed by atoms with Crippen molar-refractivity contribution in [2.45, 2.75) is 20.4 Å². The highest BCUT2D eigenvalue weighted by molar-refractivity contribution is 5.78. The molecule has 0 spiro atoms. The van der Waals surface area contributed by atoms with E-state index in [1.807, 2.05) is 62.4 Å². The lowest BCUT2D eigenvalue weighted by molar-refractivity contribution is -0.126. The molecule has 3 rings (SSSR count). The number of hydrogen-bond acceptors (Lipinski definition) is 3. The van der Waals surface area contributed by atoms with Crippen molar-refractivity contribution < 1.29 is 9.53 Å². The maximum Gasteiger partial charge on any atom is 0.223 e. The van der Waals surface area contributed by atoms with Crippen LogP contribution in [-0.4, -0.2) is 19.0 Å². The molecule has 2 N–H and O–H groups in total. The predicted octanol–water partition coefficient (Wildman–Crippen LogP) is 3.26. The van der Waals surface area contributed by atoms with E-state index in [0.717, 1.165) is 35.7 Å². The monoisotopic (exact) mass is 324 g/mol. The number of nitrogens with one attached hydrogen (secondary N) is 2. The Kier molecular flexibility index (Phi) is 5.16. The standard InChI is InChI=1S/C20H24N2O2/c1-14-8-9-16(13-22-20(23)15(2)17-11-21-12-17)19(10-14)24-18-6-4-3-5-7-18/h3-10,15,17,21H,11-13H2,1-2H3,(H,22,23). The Morgan fingerprint density at radius 3 is 2.67 bits per heavy atom. The third kappa shape index (κ3) is 3.95. The fraction of sp³-hybridized carbons (Fsp3) is 0.350. The van der Waals surface area contributed by atoms with Crippen LogP contribution < -0.4 is 15.4 Å². The minimum atomic E-state index is 0.0372. The van der Waals surface area contributed by atoms with Crippen LogP contribution in [0, 0.1) is 18.8 Å². The van der Waals surface area contributed by atoms with E-state index in [1.54, 1.807) is 0 Å². The molecule has 1 fully saturated rings. The second-order valence-electron chi connectivity index (χ2n) is 6.45. The Labute approximate surface area is 143 Å². The normalized spacial score (nSPS) is 15.4. The number of carbonyl (C=O) groups is 1. The Balaban J connectivity index is 1.67. The van der Waals surface area contributed by atoms with E-state index < -0.39 is 0 Å². The summed E-state index contributed by atoms with van der Waals surface area (Å²) < 4.78 is 6.00. The fourth-order valence-corrected chi connectivity index (χ4v) is 2.74. The van der Waals surface area contributed by atoms with Gasteiger partial charge >= 0.3 is 0 Å². The zero-order valence-corrected chi connectivity index (χ0v) is 14.2. The molecule has 1 unspecified atom stereocenters. The molecule has 4 heteroatoms. The van der Waals surface area contributed by atoms with E-state index in [-0.39, 0.29) is 11.8 Å². The van der Waals surface area contributed by atoms with Gasteiger partial charge in [0.05, 0.1) is 0 Å². The summed E-state index contributed by atoms with van der Waals surface area (Å²) in [6.45, 7) is 6.37. The van der Waals surface area contributed by atoms with Gasteiger partial charge in [-0.1, -0.05) is 37.3 Å². The van der Waals surface area contributed by atoms with E-state index in [2.05, 4.69) is 10.6 Å². The topological polar surface area (TPSA) is 50.4 Å². The molecule has 0 aromatic heterocycles. The molecule has 2 aromatic carbocycles. The molecule has 1 heterocycles. The second-order valence-corrected chi connectivity index (χ2v) is 6.45. The molecule has 1 aliphatic rings. The maximum absolute atomic E-state index is 12.3. The molecule has 1 aliphatic heterocycles. The average molecular weight is 324 g/mol. The highest BCUT2D eigenvalue weighted by atomic mass is 16.5. The van der Waals surface area contributed by atoms with Crippen LogP contribution in [0.4, 0.5) is 0 Å². The summed E-state index contributed by atoms with van der Waals surface area (Å²) in [5, 5.41) is 6.26. The van der Waals surface area contributed by atoms with Gasteiger partial charge in [-0.25, -0.2) is 0 Å². The van der Waals surface area contributed by atoms with E-state index >= 15 is 0 Å². The molecule has 126 valence electrons. The van der Waals surface area contributed by atoms with Gasteiger partial charge in [0, 0.05) is 18.0 Å². The second kappa shape index (κ2) is 7.49. The van der Waals surface area contributed by atoms with Gasteiger partial charge in [-0.05, 0) is 49.7 Å². The van der Waals surface area contributed by atoms with Crippen LogP contribution in [0.1, 0.15) is 18.1 Å². The molecule has 0 bridgehead atoms. The minimum absolute atomic E-state index is 0.0372. The van der Waals surface area contributed by atoms with Crippen molar-refractivity contribution in [1.29, 1.82) is 0 Å². The Bertz CT molecular complexity index is 696. The molecule has 0 saturated carbocycles. The van der Waals surface area contributed by atoms with Gasteiger partial charge in [-0.3, -0.25) is 4.79 Å². The van der Waals surface area contributed by atoms with Gasteiger partial charge < -0.3 is 15.4 Å². The summed E-state index contributed by atoms with van der Waals surface area (Å²) in [7, 11) is 0. The van der Waals surface area contributed by atoms with Crippen molar-refractivity contribution in [1.82, 2.24) is 10.6 Å². The smallest absolute Gasteiger partial charge is 0.223 e. The zero-order valence-electron chi connectivity index (χ0n) is 14.2. The van der Waals surface area contributed by atoms with Crippen LogP contribution in [0.25, 0.3) is 0 Å². The molecule has 0 aliphatic carbocycles. The van der Waals surface area contributed by atoms with Crippen molar-refractivity contribution in [3.63, 3.8) is 0 Å². The summed E-state index contributed by atoms with van der Waals surface area (Å²) in [5.41, 5.74) is 2.11. The summed E-state index contributed by atoms with van der Waals surface area (Å²) in [5.74, 6) is 2.18. The van der Waals surface area contributed by atoms with Gasteiger partial charge in [-0.2, -0.15) is 0 Å². The summed E-state index contributed by atoms with van der Waals surface area (Å²) in [6, 6.07) is 15.8. The van der Waals surface area contributed by atoms with Gasteiger partial charge in [0.25, 0.3) is 0 Å². The number of hydrogen-bond donors (Lipinski definition) is 2. The largest absolute Gasteiger partial charge is 0.457 e. The molecular weight excluding hydrogens is 300 g/mol. The molecule has 1 amide bonds. The third-order valence-electron chi connectivity index (χ3n) is 4.58. The van der Waals surface area contributed by atoms with Crippen molar-refractivity contribution in [3.8, 4) is 11.5 Å². The van der Waals surface area contributed by atoms with Crippen molar-refractivity contribution in [2.24, 2.45) is 11.8 Å². The number of carbonyl (C=O) groups excluding carboxylic acids is 1. The molecule has 2 aromatic rings. The SMILES string of the molecule is Cc1ccc(CNC(=O)C(C)C2CNC2)c(Oc2ccccc2)c1. The number of rotatable bonds is 6. The van der Waals surface area contributed by atoms with Crippen LogP contribution in [0.15, 0.2) is 48.5 Å². The number of amides is 1. The molecule has 1 atom stereocenters. The molecule has 24 heavy (non-hydrogen) atoms. The van der Waals surface area contributed by atoms with Crippen LogP contribution in [-0.2, 0) is 11.3 Å². The average Bonchev–Trinajstić information content (AvgIpc) is 2.53. The Morgan fingerprint density at radius 1 is 1.25 bits per heavy atom.